The Morgan fingerprint density at radius 3 is 2.69 bits per heavy atom. The fourth-order valence-corrected chi connectivity index (χ4v) is 3.95. The minimum Gasteiger partial charge on any atom is -0.481 e. The van der Waals surface area contributed by atoms with Crippen LogP contribution in [0.3, 0.4) is 0 Å². The molecule has 0 aliphatic heterocycles. The summed E-state index contributed by atoms with van der Waals surface area (Å²) in [7, 11) is 0. The van der Waals surface area contributed by atoms with E-state index in [1.807, 2.05) is 6.07 Å². The number of aliphatic carboxylic acids is 1. The van der Waals surface area contributed by atoms with Gasteiger partial charge in [0.05, 0.1) is 5.92 Å². The first-order chi connectivity index (χ1) is 16.8. The maximum Gasteiger partial charge on any atom is 0.412 e. The van der Waals surface area contributed by atoms with E-state index >= 15 is 0 Å². The molecule has 2 N–H and O–H groups in total. The van der Waals surface area contributed by atoms with Gasteiger partial charge in [-0.3, -0.25) is 10.1 Å². The third kappa shape index (κ3) is 6.30. The second-order valence-corrected chi connectivity index (χ2v) is 8.98. The number of halogens is 1. The summed E-state index contributed by atoms with van der Waals surface area (Å²) in [5, 5.41) is 16.5. The highest BCUT2D eigenvalue weighted by molar-refractivity contribution is 6.31. The molecule has 1 aromatic carbocycles. The summed E-state index contributed by atoms with van der Waals surface area (Å²) in [6.45, 7) is 3.48. The summed E-state index contributed by atoms with van der Waals surface area (Å²) in [4.78, 5) is 28.2. The van der Waals surface area contributed by atoms with Gasteiger partial charge >= 0.3 is 12.1 Å². The third-order valence-electron chi connectivity index (χ3n) is 5.81. The van der Waals surface area contributed by atoms with Gasteiger partial charge in [-0.1, -0.05) is 47.8 Å². The Bertz CT molecular complexity index is 1190. The van der Waals surface area contributed by atoms with Gasteiger partial charge in [-0.2, -0.15) is 0 Å². The molecule has 35 heavy (non-hydrogen) atoms. The molecule has 1 saturated carbocycles. The van der Waals surface area contributed by atoms with E-state index in [1.165, 1.54) is 6.20 Å². The number of carbonyl (C=O) groups is 2. The summed E-state index contributed by atoms with van der Waals surface area (Å²) in [5.41, 5.74) is 2.06. The Balaban J connectivity index is 1.39. The van der Waals surface area contributed by atoms with Gasteiger partial charge in [0.2, 0.25) is 5.88 Å². The van der Waals surface area contributed by atoms with Crippen LogP contribution in [0.15, 0.2) is 47.1 Å². The van der Waals surface area contributed by atoms with Crippen molar-refractivity contribution in [2.75, 3.05) is 11.9 Å². The lowest BCUT2D eigenvalue weighted by molar-refractivity contribution is -0.143. The molecule has 1 aliphatic rings. The number of rotatable bonds is 10. The van der Waals surface area contributed by atoms with Crippen LogP contribution < -0.4 is 10.1 Å². The van der Waals surface area contributed by atoms with Crippen molar-refractivity contribution in [3.8, 4) is 17.2 Å². The monoisotopic (exact) mass is 499 g/mol. The fourth-order valence-electron chi connectivity index (χ4n) is 3.66. The molecule has 2 aromatic heterocycles. The Labute approximate surface area is 207 Å². The average molecular weight is 500 g/mol. The van der Waals surface area contributed by atoms with Gasteiger partial charge in [-0.25, -0.2) is 9.78 Å². The predicted molar refractivity (Wildman–Crippen MR) is 128 cm³/mol. The molecule has 1 fully saturated rings. The molecule has 0 bridgehead atoms. The smallest absolute Gasteiger partial charge is 0.412 e. The van der Waals surface area contributed by atoms with Crippen LogP contribution in [0.1, 0.15) is 43.5 Å². The van der Waals surface area contributed by atoms with Crippen molar-refractivity contribution in [3.05, 3.63) is 58.9 Å². The number of aromatic nitrogens is 2. The van der Waals surface area contributed by atoms with Crippen LogP contribution in [-0.2, 0) is 9.53 Å². The molecule has 2 heterocycles. The number of aryl methyl sites for hydroxylation is 1. The largest absolute Gasteiger partial charge is 0.481 e. The molecule has 184 valence electrons. The molecule has 9 nitrogen and oxygen atoms in total. The second-order valence-electron chi connectivity index (χ2n) is 8.58. The molecule has 4 rings (SSSR count). The van der Waals surface area contributed by atoms with Crippen molar-refractivity contribution in [2.45, 2.75) is 39.2 Å². The van der Waals surface area contributed by atoms with E-state index in [0.29, 0.717) is 51.5 Å². The van der Waals surface area contributed by atoms with E-state index in [2.05, 4.69) is 15.5 Å². The highest BCUT2D eigenvalue weighted by Crippen LogP contribution is 2.36. The van der Waals surface area contributed by atoms with E-state index in [1.54, 1.807) is 44.2 Å². The maximum absolute atomic E-state index is 12.6. The molecular weight excluding hydrogens is 474 g/mol. The lowest BCUT2D eigenvalue weighted by atomic mass is 10.0. The van der Waals surface area contributed by atoms with Crippen molar-refractivity contribution in [1.82, 2.24) is 10.1 Å². The number of carboxylic acid groups (broad SMARTS) is 1. The zero-order chi connectivity index (χ0) is 24.9. The summed E-state index contributed by atoms with van der Waals surface area (Å²) in [6.07, 6.45) is 3.03. The van der Waals surface area contributed by atoms with Gasteiger partial charge in [0.15, 0.2) is 5.76 Å². The zero-order valence-electron chi connectivity index (χ0n) is 19.4. The number of nitrogens with one attached hydrogen (secondary N) is 1. The van der Waals surface area contributed by atoms with Crippen molar-refractivity contribution in [2.24, 2.45) is 11.8 Å². The highest BCUT2D eigenvalue weighted by Gasteiger charge is 2.30. The van der Waals surface area contributed by atoms with Crippen LogP contribution in [0.4, 0.5) is 10.5 Å². The normalized spacial score (nSPS) is 14.7. The van der Waals surface area contributed by atoms with Gasteiger partial charge < -0.3 is 19.1 Å². The van der Waals surface area contributed by atoms with Crippen LogP contribution in [0, 0.1) is 18.8 Å². The molecule has 2 atom stereocenters. The minimum absolute atomic E-state index is 0.0574. The first-order valence-corrected chi connectivity index (χ1v) is 11.7. The van der Waals surface area contributed by atoms with Crippen molar-refractivity contribution >= 4 is 29.4 Å². The Morgan fingerprint density at radius 1 is 1.26 bits per heavy atom. The van der Waals surface area contributed by atoms with Gasteiger partial charge in [-0.05, 0) is 38.3 Å². The lowest BCUT2D eigenvalue weighted by Crippen LogP contribution is -2.22. The second kappa shape index (κ2) is 10.8. The highest BCUT2D eigenvalue weighted by atomic mass is 35.5. The number of hydrogen-bond donors (Lipinski definition) is 2. The van der Waals surface area contributed by atoms with E-state index in [4.69, 9.17) is 25.6 Å². The minimum atomic E-state index is -0.864. The summed E-state index contributed by atoms with van der Waals surface area (Å²) >= 11 is 6.19. The first kappa shape index (κ1) is 24.5. The number of amides is 1. The zero-order valence-corrected chi connectivity index (χ0v) is 20.1. The molecule has 10 heteroatoms. The molecule has 0 radical (unpaired) electrons. The Kier molecular flexibility index (Phi) is 7.55. The number of hydrogen-bond acceptors (Lipinski definition) is 7. The SMILES string of the molecule is Cc1noc(-c2ccc(OCC(CC3CC3)C(=O)O)nc2)c1NC(=O)OC(C)c1ccccc1Cl. The number of carbonyl (C=O) groups excluding carboxylic acids is 1. The van der Waals surface area contributed by atoms with Crippen molar-refractivity contribution in [3.63, 3.8) is 0 Å². The average Bonchev–Trinajstić information content (AvgIpc) is 3.59. The van der Waals surface area contributed by atoms with Crippen molar-refractivity contribution < 1.29 is 28.7 Å². The summed E-state index contributed by atoms with van der Waals surface area (Å²) in [6, 6.07) is 10.4. The number of benzene rings is 1. The molecule has 1 aliphatic carbocycles. The molecule has 2 unspecified atom stereocenters. The number of nitrogens with zero attached hydrogens (tertiary/aromatic N) is 2. The fraction of sp³-hybridized carbons (Fsp3) is 0.360. The van der Waals surface area contributed by atoms with Crippen LogP contribution in [0.2, 0.25) is 5.02 Å². The maximum atomic E-state index is 12.6. The van der Waals surface area contributed by atoms with E-state index in [-0.39, 0.29) is 6.61 Å². The van der Waals surface area contributed by atoms with Gasteiger partial charge in [0, 0.05) is 28.4 Å². The molecular formula is C25H26ClN3O6. The number of carboxylic acids is 1. The van der Waals surface area contributed by atoms with Crippen LogP contribution >= 0.6 is 11.6 Å². The summed E-state index contributed by atoms with van der Waals surface area (Å²) < 4.78 is 16.5. The van der Waals surface area contributed by atoms with E-state index in [0.717, 1.165) is 12.8 Å². The van der Waals surface area contributed by atoms with Gasteiger partial charge in [-0.15, -0.1) is 0 Å². The molecule has 3 aromatic rings. The van der Waals surface area contributed by atoms with Crippen LogP contribution in [-0.4, -0.2) is 33.9 Å². The van der Waals surface area contributed by atoms with E-state index in [9.17, 15) is 14.7 Å². The van der Waals surface area contributed by atoms with E-state index < -0.39 is 24.1 Å². The molecule has 0 spiro atoms. The molecule has 1 amide bonds. The molecule has 0 saturated heterocycles. The number of anilines is 1. The van der Waals surface area contributed by atoms with Crippen LogP contribution in [0.5, 0.6) is 5.88 Å². The lowest BCUT2D eigenvalue weighted by Gasteiger charge is -2.15. The standard InChI is InChI=1S/C25H26ClN3O6/c1-14-22(28-25(32)34-15(2)19-5-3-4-6-20(19)26)23(35-29-14)17-9-10-21(27-12-17)33-13-18(24(30)31)11-16-7-8-16/h3-6,9-10,12,15-16,18H,7-8,11,13H2,1-2H3,(H,28,32)(H,30,31). The van der Waals surface area contributed by atoms with Crippen LogP contribution in [0.25, 0.3) is 11.3 Å². The number of pyridine rings is 1. The van der Waals surface area contributed by atoms with Gasteiger partial charge in [0.1, 0.15) is 24.1 Å². The quantitative estimate of drug-likeness (QED) is 0.354. The topological polar surface area (TPSA) is 124 Å². The Morgan fingerprint density at radius 2 is 2.03 bits per heavy atom. The van der Waals surface area contributed by atoms with Crippen molar-refractivity contribution in [1.29, 1.82) is 0 Å². The first-order valence-electron chi connectivity index (χ1n) is 11.3. The Hall–Kier alpha value is -3.59. The number of ether oxygens (including phenoxy) is 2. The van der Waals surface area contributed by atoms with Gasteiger partial charge in [0.25, 0.3) is 0 Å². The summed E-state index contributed by atoms with van der Waals surface area (Å²) in [5.74, 6) is -0.335. The predicted octanol–water partition coefficient (Wildman–Crippen LogP) is 5.89. The third-order valence-corrected chi connectivity index (χ3v) is 6.16.